The van der Waals surface area contributed by atoms with Crippen molar-refractivity contribution >= 4 is 17.8 Å². The SMILES string of the molecule is CC(CC(N)=O)NC(=O)[C@@H]1C[C@@H]1C(=O)O. The summed E-state index contributed by atoms with van der Waals surface area (Å²) >= 11 is 0. The molecule has 4 N–H and O–H groups in total. The fraction of sp³-hybridized carbons (Fsp3) is 0.667. The van der Waals surface area contributed by atoms with Crippen LogP contribution in [0.15, 0.2) is 0 Å². The number of nitrogens with one attached hydrogen (secondary N) is 1. The summed E-state index contributed by atoms with van der Waals surface area (Å²) in [6.45, 7) is 1.65. The van der Waals surface area contributed by atoms with Crippen LogP contribution in [0.25, 0.3) is 0 Å². The minimum Gasteiger partial charge on any atom is -0.481 e. The molecular weight excluding hydrogens is 200 g/mol. The number of carboxylic acids is 1. The normalized spacial score (nSPS) is 25.4. The van der Waals surface area contributed by atoms with Crippen LogP contribution in [0.4, 0.5) is 0 Å². The van der Waals surface area contributed by atoms with E-state index in [1.807, 2.05) is 0 Å². The molecule has 0 heterocycles. The highest BCUT2D eigenvalue weighted by Crippen LogP contribution is 2.38. The van der Waals surface area contributed by atoms with Gasteiger partial charge in [0, 0.05) is 12.5 Å². The summed E-state index contributed by atoms with van der Waals surface area (Å²) in [7, 11) is 0. The number of nitrogens with two attached hydrogens (primary N) is 1. The molecule has 1 aliphatic carbocycles. The predicted octanol–water partition coefficient (Wildman–Crippen LogP) is -0.913. The van der Waals surface area contributed by atoms with Gasteiger partial charge in [0.1, 0.15) is 0 Å². The van der Waals surface area contributed by atoms with Gasteiger partial charge in [-0.15, -0.1) is 0 Å². The smallest absolute Gasteiger partial charge is 0.307 e. The lowest BCUT2D eigenvalue weighted by molar-refractivity contribution is -0.140. The molecule has 1 aliphatic rings. The minimum atomic E-state index is -0.947. The van der Waals surface area contributed by atoms with Crippen molar-refractivity contribution in [1.82, 2.24) is 5.32 Å². The van der Waals surface area contributed by atoms with E-state index in [4.69, 9.17) is 10.8 Å². The highest BCUT2D eigenvalue weighted by Gasteiger charge is 2.48. The number of amides is 2. The van der Waals surface area contributed by atoms with Crippen LogP contribution in [0, 0.1) is 11.8 Å². The molecular formula is C9H14N2O4. The summed E-state index contributed by atoms with van der Waals surface area (Å²) in [5.41, 5.74) is 4.95. The standard InChI is InChI=1S/C9H14N2O4/c1-4(2-7(10)12)11-8(13)5-3-6(5)9(14)15/h4-6H,2-3H2,1H3,(H2,10,12)(H,11,13)(H,14,15)/t4?,5-,6+/m1/s1. The Bertz CT molecular complexity index is 302. The van der Waals surface area contributed by atoms with Crippen LogP contribution >= 0.6 is 0 Å². The van der Waals surface area contributed by atoms with E-state index in [1.54, 1.807) is 6.92 Å². The average molecular weight is 214 g/mol. The molecule has 1 rings (SSSR count). The van der Waals surface area contributed by atoms with E-state index >= 15 is 0 Å². The van der Waals surface area contributed by atoms with Crippen molar-refractivity contribution in [3.8, 4) is 0 Å². The molecule has 0 bridgehead atoms. The second kappa shape index (κ2) is 4.29. The van der Waals surface area contributed by atoms with Gasteiger partial charge >= 0.3 is 5.97 Å². The van der Waals surface area contributed by atoms with E-state index < -0.39 is 23.7 Å². The molecule has 0 aromatic carbocycles. The second-order valence-corrected chi connectivity index (χ2v) is 3.87. The zero-order chi connectivity index (χ0) is 11.6. The first-order valence-electron chi connectivity index (χ1n) is 4.73. The highest BCUT2D eigenvalue weighted by atomic mass is 16.4. The minimum absolute atomic E-state index is 0.0657. The van der Waals surface area contributed by atoms with Gasteiger partial charge in [0.2, 0.25) is 11.8 Å². The molecule has 1 saturated carbocycles. The second-order valence-electron chi connectivity index (χ2n) is 3.87. The largest absolute Gasteiger partial charge is 0.481 e. The van der Waals surface area contributed by atoms with Crippen LogP contribution in [0.2, 0.25) is 0 Å². The molecule has 1 fully saturated rings. The molecule has 0 aliphatic heterocycles. The fourth-order valence-corrected chi connectivity index (χ4v) is 1.46. The van der Waals surface area contributed by atoms with Gasteiger partial charge in [0.15, 0.2) is 0 Å². The van der Waals surface area contributed by atoms with Crippen LogP contribution in [0.1, 0.15) is 19.8 Å². The molecule has 84 valence electrons. The maximum Gasteiger partial charge on any atom is 0.307 e. The Balaban J connectivity index is 2.31. The third kappa shape index (κ3) is 3.23. The Labute approximate surface area is 86.8 Å². The summed E-state index contributed by atoms with van der Waals surface area (Å²) in [4.78, 5) is 32.4. The van der Waals surface area contributed by atoms with Crippen molar-refractivity contribution < 1.29 is 19.5 Å². The van der Waals surface area contributed by atoms with Crippen molar-refractivity contribution in [3.63, 3.8) is 0 Å². The number of carbonyl (C=O) groups excluding carboxylic acids is 2. The van der Waals surface area contributed by atoms with E-state index in [9.17, 15) is 14.4 Å². The van der Waals surface area contributed by atoms with Gasteiger partial charge in [-0.2, -0.15) is 0 Å². The Kier molecular flexibility index (Phi) is 3.28. The third-order valence-corrected chi connectivity index (χ3v) is 2.34. The van der Waals surface area contributed by atoms with Gasteiger partial charge in [0.25, 0.3) is 0 Å². The van der Waals surface area contributed by atoms with Gasteiger partial charge in [-0.05, 0) is 13.3 Å². The lowest BCUT2D eigenvalue weighted by atomic mass is 10.2. The van der Waals surface area contributed by atoms with E-state index in [0.717, 1.165) is 0 Å². The van der Waals surface area contributed by atoms with Crippen LogP contribution in [0.5, 0.6) is 0 Å². The lowest BCUT2D eigenvalue weighted by Gasteiger charge is -2.11. The van der Waals surface area contributed by atoms with Crippen LogP contribution < -0.4 is 11.1 Å². The highest BCUT2D eigenvalue weighted by molar-refractivity contribution is 5.89. The zero-order valence-corrected chi connectivity index (χ0v) is 8.40. The zero-order valence-electron chi connectivity index (χ0n) is 8.40. The third-order valence-electron chi connectivity index (χ3n) is 2.34. The van der Waals surface area contributed by atoms with Crippen molar-refractivity contribution in [3.05, 3.63) is 0 Å². The Morgan fingerprint density at radius 2 is 2.07 bits per heavy atom. The number of rotatable bonds is 5. The molecule has 6 nitrogen and oxygen atoms in total. The maximum atomic E-state index is 11.4. The Morgan fingerprint density at radius 1 is 1.47 bits per heavy atom. The van der Waals surface area contributed by atoms with Gasteiger partial charge in [-0.25, -0.2) is 0 Å². The van der Waals surface area contributed by atoms with Crippen molar-refractivity contribution in [1.29, 1.82) is 0 Å². The van der Waals surface area contributed by atoms with Crippen molar-refractivity contribution in [2.45, 2.75) is 25.8 Å². The lowest BCUT2D eigenvalue weighted by Crippen LogP contribution is -2.37. The monoisotopic (exact) mass is 214 g/mol. The number of aliphatic carboxylic acids is 1. The summed E-state index contributed by atoms with van der Waals surface area (Å²) in [6, 6.07) is -0.343. The average Bonchev–Trinajstić information content (AvgIpc) is 2.79. The number of primary amides is 1. The van der Waals surface area contributed by atoms with E-state index in [1.165, 1.54) is 0 Å². The Morgan fingerprint density at radius 3 is 2.47 bits per heavy atom. The van der Waals surface area contributed by atoms with Crippen molar-refractivity contribution in [2.75, 3.05) is 0 Å². The first-order valence-corrected chi connectivity index (χ1v) is 4.73. The number of hydrogen-bond acceptors (Lipinski definition) is 3. The van der Waals surface area contributed by atoms with Crippen molar-refractivity contribution in [2.24, 2.45) is 17.6 Å². The molecule has 0 saturated heterocycles. The van der Waals surface area contributed by atoms with Crippen LogP contribution in [-0.4, -0.2) is 28.9 Å². The van der Waals surface area contributed by atoms with E-state index in [-0.39, 0.29) is 18.4 Å². The van der Waals surface area contributed by atoms with Gasteiger partial charge in [-0.1, -0.05) is 0 Å². The molecule has 0 spiro atoms. The first kappa shape index (κ1) is 11.5. The Hall–Kier alpha value is -1.59. The van der Waals surface area contributed by atoms with E-state index in [0.29, 0.717) is 6.42 Å². The summed E-state index contributed by atoms with van der Waals surface area (Å²) in [5, 5.41) is 11.2. The number of carbonyl (C=O) groups is 3. The van der Waals surface area contributed by atoms with E-state index in [2.05, 4.69) is 5.32 Å². The van der Waals surface area contributed by atoms with Gasteiger partial charge in [0.05, 0.1) is 11.8 Å². The number of carboxylic acid groups (broad SMARTS) is 1. The van der Waals surface area contributed by atoms with Crippen LogP contribution in [-0.2, 0) is 14.4 Å². The first-order chi connectivity index (χ1) is 6.91. The van der Waals surface area contributed by atoms with Gasteiger partial charge in [-0.3, -0.25) is 14.4 Å². The topological polar surface area (TPSA) is 109 Å². The van der Waals surface area contributed by atoms with Crippen LogP contribution in [0.3, 0.4) is 0 Å². The van der Waals surface area contributed by atoms with Gasteiger partial charge < -0.3 is 16.2 Å². The summed E-state index contributed by atoms with van der Waals surface area (Å²) in [5.74, 6) is -2.76. The maximum absolute atomic E-state index is 11.4. The molecule has 1 unspecified atom stereocenters. The molecule has 6 heteroatoms. The predicted molar refractivity (Wildman–Crippen MR) is 50.6 cm³/mol. The number of hydrogen-bond donors (Lipinski definition) is 3. The quantitative estimate of drug-likeness (QED) is 0.550. The molecule has 2 amide bonds. The molecule has 0 aromatic rings. The summed E-state index contributed by atoms with van der Waals surface area (Å²) < 4.78 is 0. The summed E-state index contributed by atoms with van der Waals surface area (Å²) in [6.07, 6.45) is 0.445. The fourth-order valence-electron chi connectivity index (χ4n) is 1.46. The molecule has 0 radical (unpaired) electrons. The molecule has 0 aromatic heterocycles. The molecule has 15 heavy (non-hydrogen) atoms. The molecule has 3 atom stereocenters.